The summed E-state index contributed by atoms with van der Waals surface area (Å²) < 4.78 is 10.8. The molecule has 27 heavy (non-hydrogen) atoms. The first-order valence-corrected chi connectivity index (χ1v) is 9.45. The smallest absolute Gasteiger partial charge is 0.407 e. The van der Waals surface area contributed by atoms with Gasteiger partial charge < -0.3 is 19.5 Å². The Morgan fingerprint density at radius 3 is 2.85 bits per heavy atom. The van der Waals surface area contributed by atoms with Crippen LogP contribution in [0.3, 0.4) is 0 Å². The van der Waals surface area contributed by atoms with Gasteiger partial charge in [0.25, 0.3) is 0 Å². The predicted octanol–water partition coefficient (Wildman–Crippen LogP) is 4.27. The summed E-state index contributed by atoms with van der Waals surface area (Å²) in [6, 6.07) is 8.03. The molecule has 2 unspecified atom stereocenters. The molecule has 1 aromatic carbocycles. The van der Waals surface area contributed by atoms with E-state index in [1.807, 2.05) is 32.9 Å². The van der Waals surface area contributed by atoms with Crippen LogP contribution in [0.1, 0.15) is 40.5 Å². The van der Waals surface area contributed by atoms with E-state index >= 15 is 0 Å². The zero-order valence-electron chi connectivity index (χ0n) is 16.0. The lowest BCUT2D eigenvalue weighted by Crippen LogP contribution is -2.50. The Balaban J connectivity index is 1.61. The monoisotopic (exact) mass is 392 g/mol. The maximum absolute atomic E-state index is 12.0. The van der Waals surface area contributed by atoms with E-state index in [9.17, 15) is 4.79 Å². The minimum atomic E-state index is -0.503. The molecule has 1 fully saturated rings. The predicted molar refractivity (Wildman–Crippen MR) is 104 cm³/mol. The molecule has 8 heteroatoms. The van der Waals surface area contributed by atoms with Crippen LogP contribution in [0.15, 0.2) is 28.8 Å². The molecule has 0 saturated carbocycles. The van der Waals surface area contributed by atoms with Crippen molar-refractivity contribution in [1.29, 1.82) is 0 Å². The van der Waals surface area contributed by atoms with Crippen LogP contribution in [0.25, 0.3) is 11.4 Å². The number of halogens is 1. The molecule has 0 radical (unpaired) electrons. The number of hydrogen-bond donors (Lipinski definition) is 1. The third-order valence-corrected chi connectivity index (χ3v) is 4.58. The van der Waals surface area contributed by atoms with Crippen molar-refractivity contribution in [3.05, 3.63) is 29.3 Å². The van der Waals surface area contributed by atoms with E-state index in [0.717, 1.165) is 18.4 Å². The highest BCUT2D eigenvalue weighted by Crippen LogP contribution is 2.27. The Morgan fingerprint density at radius 2 is 2.19 bits per heavy atom. The minimum absolute atomic E-state index is 0.0569. The normalized spacial score (nSPS) is 20.4. The lowest BCUT2D eigenvalue weighted by atomic mass is 9.99. The van der Waals surface area contributed by atoms with Gasteiger partial charge in [-0.15, -0.1) is 0 Å². The average molecular weight is 393 g/mol. The lowest BCUT2D eigenvalue weighted by Gasteiger charge is -2.36. The van der Waals surface area contributed by atoms with Crippen LogP contribution in [0.2, 0.25) is 5.02 Å². The molecule has 1 saturated heterocycles. The van der Waals surface area contributed by atoms with Gasteiger partial charge in [-0.1, -0.05) is 28.9 Å². The Hall–Kier alpha value is -2.28. The number of carbonyl (C=O) groups excluding carboxylic acids is 1. The summed E-state index contributed by atoms with van der Waals surface area (Å²) >= 11 is 6.03. The topological polar surface area (TPSA) is 80.5 Å². The highest BCUT2D eigenvalue weighted by Gasteiger charge is 2.30. The van der Waals surface area contributed by atoms with Crippen molar-refractivity contribution < 1.29 is 14.1 Å². The second-order valence-corrected chi connectivity index (χ2v) is 8.26. The summed E-state index contributed by atoms with van der Waals surface area (Å²) in [6.07, 6.45) is 1.17. The molecule has 1 aliphatic heterocycles. The fourth-order valence-corrected chi connectivity index (χ4v) is 3.33. The van der Waals surface area contributed by atoms with Gasteiger partial charge in [-0.2, -0.15) is 4.98 Å². The Kier molecular flexibility index (Phi) is 5.60. The molecule has 2 atom stereocenters. The summed E-state index contributed by atoms with van der Waals surface area (Å²) in [6.45, 7) is 8.34. The molecule has 146 valence electrons. The SMILES string of the molecule is CC1CC(NC(=O)OC(C)(C)C)CCN1c1nc(-c2cccc(Cl)c2)no1. The van der Waals surface area contributed by atoms with E-state index in [1.165, 1.54) is 0 Å². The third-order valence-electron chi connectivity index (χ3n) is 4.34. The number of aromatic nitrogens is 2. The van der Waals surface area contributed by atoms with E-state index in [-0.39, 0.29) is 18.2 Å². The van der Waals surface area contributed by atoms with Crippen LogP contribution >= 0.6 is 11.6 Å². The number of carbonyl (C=O) groups is 1. The number of hydrogen-bond acceptors (Lipinski definition) is 6. The van der Waals surface area contributed by atoms with E-state index in [2.05, 4.69) is 27.3 Å². The van der Waals surface area contributed by atoms with E-state index in [0.29, 0.717) is 23.4 Å². The van der Waals surface area contributed by atoms with Crippen LogP contribution in [-0.2, 0) is 4.74 Å². The van der Waals surface area contributed by atoms with Gasteiger partial charge in [0.05, 0.1) is 0 Å². The molecule has 7 nitrogen and oxygen atoms in total. The Bertz CT molecular complexity index is 802. The first-order valence-electron chi connectivity index (χ1n) is 9.07. The van der Waals surface area contributed by atoms with Gasteiger partial charge in [-0.3, -0.25) is 0 Å². The van der Waals surface area contributed by atoms with E-state index < -0.39 is 5.60 Å². The third kappa shape index (κ3) is 5.13. The largest absolute Gasteiger partial charge is 0.444 e. The standard InChI is InChI=1S/C19H25ClN4O3/c1-12-10-15(21-18(25)26-19(2,3)4)8-9-24(12)17-22-16(23-27-17)13-6-5-7-14(20)11-13/h5-7,11-12,15H,8-10H2,1-4H3,(H,21,25). The minimum Gasteiger partial charge on any atom is -0.444 e. The van der Waals surface area contributed by atoms with Gasteiger partial charge in [-0.05, 0) is 52.7 Å². The second kappa shape index (κ2) is 7.76. The summed E-state index contributed by atoms with van der Waals surface area (Å²) in [5.74, 6) is 0.508. The first-order chi connectivity index (χ1) is 12.7. The average Bonchev–Trinajstić information content (AvgIpc) is 3.03. The van der Waals surface area contributed by atoms with E-state index in [4.69, 9.17) is 20.9 Å². The highest BCUT2D eigenvalue weighted by atomic mass is 35.5. The van der Waals surface area contributed by atoms with Gasteiger partial charge >= 0.3 is 12.1 Å². The summed E-state index contributed by atoms with van der Waals surface area (Å²) in [7, 11) is 0. The Morgan fingerprint density at radius 1 is 1.41 bits per heavy atom. The van der Waals surface area contributed by atoms with Crippen LogP contribution < -0.4 is 10.2 Å². The molecule has 0 aliphatic carbocycles. The number of alkyl carbamates (subject to hydrolysis) is 1. The number of nitrogens with one attached hydrogen (secondary N) is 1. The fraction of sp³-hybridized carbons (Fsp3) is 0.526. The summed E-state index contributed by atoms with van der Waals surface area (Å²) in [4.78, 5) is 18.5. The van der Waals surface area contributed by atoms with E-state index in [1.54, 1.807) is 12.1 Å². The highest BCUT2D eigenvalue weighted by molar-refractivity contribution is 6.30. The van der Waals surface area contributed by atoms with Crippen molar-refractivity contribution in [1.82, 2.24) is 15.5 Å². The van der Waals surface area contributed by atoms with Gasteiger partial charge in [0, 0.05) is 29.2 Å². The molecule has 0 spiro atoms. The fourth-order valence-electron chi connectivity index (χ4n) is 3.14. The molecular formula is C19H25ClN4O3. The van der Waals surface area contributed by atoms with Crippen molar-refractivity contribution >= 4 is 23.7 Å². The number of piperidine rings is 1. The zero-order valence-corrected chi connectivity index (χ0v) is 16.8. The van der Waals surface area contributed by atoms with Crippen LogP contribution in [0.4, 0.5) is 10.8 Å². The van der Waals surface area contributed by atoms with Crippen LogP contribution in [0, 0.1) is 0 Å². The van der Waals surface area contributed by atoms with Crippen molar-refractivity contribution in [2.45, 2.75) is 58.2 Å². The van der Waals surface area contributed by atoms with Crippen molar-refractivity contribution in [2.24, 2.45) is 0 Å². The number of nitrogens with zero attached hydrogens (tertiary/aromatic N) is 3. The molecule has 1 aromatic heterocycles. The van der Waals surface area contributed by atoms with Crippen molar-refractivity contribution in [3.8, 4) is 11.4 Å². The molecule has 1 amide bonds. The summed E-state index contributed by atoms with van der Waals surface area (Å²) in [5, 5.41) is 7.64. The van der Waals surface area contributed by atoms with Crippen LogP contribution in [-0.4, -0.2) is 40.5 Å². The molecule has 2 heterocycles. The van der Waals surface area contributed by atoms with Crippen molar-refractivity contribution in [3.63, 3.8) is 0 Å². The molecular weight excluding hydrogens is 368 g/mol. The number of benzene rings is 1. The zero-order chi connectivity index (χ0) is 19.6. The van der Waals surface area contributed by atoms with Gasteiger partial charge in [0.15, 0.2) is 0 Å². The van der Waals surface area contributed by atoms with Crippen molar-refractivity contribution in [2.75, 3.05) is 11.4 Å². The molecule has 0 bridgehead atoms. The molecule has 2 aromatic rings. The maximum Gasteiger partial charge on any atom is 0.407 e. The number of ether oxygens (including phenoxy) is 1. The van der Waals surface area contributed by atoms with Crippen LogP contribution in [0.5, 0.6) is 0 Å². The second-order valence-electron chi connectivity index (χ2n) is 7.82. The van der Waals surface area contributed by atoms with Gasteiger partial charge in [0.2, 0.25) is 5.82 Å². The number of anilines is 1. The molecule has 3 rings (SSSR count). The maximum atomic E-state index is 12.0. The lowest BCUT2D eigenvalue weighted by molar-refractivity contribution is 0.0493. The quantitative estimate of drug-likeness (QED) is 0.839. The van der Waals surface area contributed by atoms with Gasteiger partial charge in [0.1, 0.15) is 5.60 Å². The molecule has 1 aliphatic rings. The first kappa shape index (κ1) is 19.5. The number of amides is 1. The summed E-state index contributed by atoms with van der Waals surface area (Å²) in [5.41, 5.74) is 0.309. The van der Waals surface area contributed by atoms with Gasteiger partial charge in [-0.25, -0.2) is 4.79 Å². The molecule has 1 N–H and O–H groups in total. The Labute approximate surface area is 164 Å². The number of rotatable bonds is 3.